The van der Waals surface area contributed by atoms with Crippen LogP contribution in [0, 0.1) is 0 Å². The number of anilines is 1. The number of aryl methyl sites for hydroxylation is 1. The monoisotopic (exact) mass is 248 g/mol. The lowest BCUT2D eigenvalue weighted by atomic mass is 10.1. The second-order valence-corrected chi connectivity index (χ2v) is 5.35. The second kappa shape index (κ2) is 4.31. The standard InChI is InChI=1S/C13H20N4O/c1-15-8-10(14)7-12(15)13(18)17-6-5-16-4-2-3-11(16)9-17/h7-8,11H,2-6,9,14H2,1H3. The molecule has 0 saturated carbocycles. The Bertz CT molecular complexity index is 468. The third kappa shape index (κ3) is 1.88. The minimum Gasteiger partial charge on any atom is -0.397 e. The van der Waals surface area contributed by atoms with E-state index in [0.717, 1.165) is 19.6 Å². The molecule has 0 spiro atoms. The van der Waals surface area contributed by atoms with E-state index >= 15 is 0 Å². The zero-order valence-electron chi connectivity index (χ0n) is 10.8. The molecule has 0 radical (unpaired) electrons. The van der Waals surface area contributed by atoms with Gasteiger partial charge in [-0.2, -0.15) is 0 Å². The van der Waals surface area contributed by atoms with Crippen LogP contribution in [-0.4, -0.2) is 52.5 Å². The van der Waals surface area contributed by atoms with Crippen LogP contribution in [-0.2, 0) is 7.05 Å². The lowest BCUT2D eigenvalue weighted by Crippen LogP contribution is -2.52. The number of carbonyl (C=O) groups is 1. The minimum atomic E-state index is 0.112. The molecule has 18 heavy (non-hydrogen) atoms. The molecule has 98 valence electrons. The largest absolute Gasteiger partial charge is 0.397 e. The van der Waals surface area contributed by atoms with Gasteiger partial charge in [0.2, 0.25) is 0 Å². The van der Waals surface area contributed by atoms with Crippen molar-refractivity contribution in [3.8, 4) is 0 Å². The number of piperazine rings is 1. The predicted molar refractivity (Wildman–Crippen MR) is 70.3 cm³/mol. The van der Waals surface area contributed by atoms with Crippen LogP contribution >= 0.6 is 0 Å². The number of hydrogen-bond acceptors (Lipinski definition) is 3. The third-order valence-electron chi connectivity index (χ3n) is 4.12. The van der Waals surface area contributed by atoms with Crippen molar-refractivity contribution in [1.29, 1.82) is 0 Å². The summed E-state index contributed by atoms with van der Waals surface area (Å²) in [5, 5.41) is 0. The van der Waals surface area contributed by atoms with Crippen molar-refractivity contribution >= 4 is 11.6 Å². The Balaban J connectivity index is 1.75. The highest BCUT2D eigenvalue weighted by atomic mass is 16.2. The smallest absolute Gasteiger partial charge is 0.270 e. The highest BCUT2D eigenvalue weighted by Gasteiger charge is 2.33. The summed E-state index contributed by atoms with van der Waals surface area (Å²) in [6.45, 7) is 3.91. The number of nitrogens with zero attached hydrogens (tertiary/aromatic N) is 3. The molecule has 1 aromatic heterocycles. The van der Waals surface area contributed by atoms with E-state index in [1.807, 2.05) is 16.5 Å². The normalized spacial score (nSPS) is 24.3. The van der Waals surface area contributed by atoms with Crippen LogP contribution in [0.15, 0.2) is 12.3 Å². The fourth-order valence-corrected chi connectivity index (χ4v) is 3.14. The van der Waals surface area contributed by atoms with Crippen LogP contribution in [0.1, 0.15) is 23.3 Å². The summed E-state index contributed by atoms with van der Waals surface area (Å²) < 4.78 is 1.82. The van der Waals surface area contributed by atoms with Gasteiger partial charge in [-0.25, -0.2) is 0 Å². The summed E-state index contributed by atoms with van der Waals surface area (Å²) in [4.78, 5) is 16.9. The number of nitrogen functional groups attached to an aromatic ring is 1. The van der Waals surface area contributed by atoms with Crippen molar-refractivity contribution in [1.82, 2.24) is 14.4 Å². The van der Waals surface area contributed by atoms with E-state index in [1.165, 1.54) is 19.4 Å². The molecule has 1 atom stereocenters. The summed E-state index contributed by atoms with van der Waals surface area (Å²) in [7, 11) is 1.87. The van der Waals surface area contributed by atoms with Gasteiger partial charge in [0.15, 0.2) is 0 Å². The van der Waals surface area contributed by atoms with Crippen molar-refractivity contribution in [3.63, 3.8) is 0 Å². The molecule has 5 heteroatoms. The van der Waals surface area contributed by atoms with Crippen LogP contribution in [0.2, 0.25) is 0 Å². The number of aromatic nitrogens is 1. The molecule has 5 nitrogen and oxygen atoms in total. The van der Waals surface area contributed by atoms with Crippen molar-refractivity contribution in [2.45, 2.75) is 18.9 Å². The van der Waals surface area contributed by atoms with E-state index in [2.05, 4.69) is 4.90 Å². The molecule has 2 fully saturated rings. The van der Waals surface area contributed by atoms with Gasteiger partial charge in [-0.15, -0.1) is 0 Å². The van der Waals surface area contributed by atoms with E-state index in [9.17, 15) is 4.79 Å². The summed E-state index contributed by atoms with van der Waals surface area (Å²) in [5.41, 5.74) is 7.08. The number of fused-ring (bicyclic) bond motifs is 1. The Morgan fingerprint density at radius 2 is 2.22 bits per heavy atom. The number of rotatable bonds is 1. The Hall–Kier alpha value is -1.49. The van der Waals surface area contributed by atoms with Gasteiger partial charge in [-0.1, -0.05) is 0 Å². The highest BCUT2D eigenvalue weighted by molar-refractivity contribution is 5.94. The predicted octanol–water partition coefficient (Wildman–Crippen LogP) is 0.527. The van der Waals surface area contributed by atoms with Crippen molar-refractivity contribution < 1.29 is 4.79 Å². The van der Waals surface area contributed by atoms with Gasteiger partial charge in [0, 0.05) is 38.9 Å². The van der Waals surface area contributed by atoms with Crippen LogP contribution in [0.5, 0.6) is 0 Å². The maximum absolute atomic E-state index is 12.5. The van der Waals surface area contributed by atoms with Crippen molar-refractivity contribution in [2.24, 2.45) is 7.05 Å². The van der Waals surface area contributed by atoms with E-state index in [0.29, 0.717) is 17.4 Å². The van der Waals surface area contributed by atoms with Gasteiger partial charge in [-0.05, 0) is 25.5 Å². The van der Waals surface area contributed by atoms with Gasteiger partial charge in [0.25, 0.3) is 5.91 Å². The fourth-order valence-electron chi connectivity index (χ4n) is 3.14. The molecule has 2 aliphatic rings. The molecule has 0 aromatic carbocycles. The SMILES string of the molecule is Cn1cc(N)cc1C(=O)N1CCN2CCCC2C1. The Morgan fingerprint density at radius 1 is 1.39 bits per heavy atom. The molecule has 3 heterocycles. The average Bonchev–Trinajstić information content (AvgIpc) is 2.93. The third-order valence-corrected chi connectivity index (χ3v) is 4.12. The van der Waals surface area contributed by atoms with Crippen LogP contribution < -0.4 is 5.73 Å². The number of nitrogens with two attached hydrogens (primary N) is 1. The first-order chi connectivity index (χ1) is 8.65. The Labute approximate surface area is 107 Å². The van der Waals surface area contributed by atoms with Crippen molar-refractivity contribution in [3.05, 3.63) is 18.0 Å². The topological polar surface area (TPSA) is 54.5 Å². The van der Waals surface area contributed by atoms with Crippen molar-refractivity contribution in [2.75, 3.05) is 31.9 Å². The molecule has 2 aliphatic heterocycles. The molecule has 1 unspecified atom stereocenters. The van der Waals surface area contributed by atoms with Crippen LogP contribution in [0.25, 0.3) is 0 Å². The summed E-state index contributed by atoms with van der Waals surface area (Å²) in [6, 6.07) is 2.34. The van der Waals surface area contributed by atoms with Gasteiger partial charge in [0.05, 0.1) is 5.69 Å². The molecule has 2 N–H and O–H groups in total. The molecular formula is C13H20N4O. The molecule has 1 aromatic rings. The first kappa shape index (κ1) is 11.6. The zero-order chi connectivity index (χ0) is 12.7. The number of carbonyl (C=O) groups excluding carboxylic acids is 1. The number of amides is 1. The van der Waals surface area contributed by atoms with Crippen LogP contribution in [0.4, 0.5) is 5.69 Å². The minimum absolute atomic E-state index is 0.112. The molecule has 2 saturated heterocycles. The maximum Gasteiger partial charge on any atom is 0.270 e. The highest BCUT2D eigenvalue weighted by Crippen LogP contribution is 2.23. The first-order valence-electron chi connectivity index (χ1n) is 6.60. The van der Waals surface area contributed by atoms with Crippen LogP contribution in [0.3, 0.4) is 0 Å². The summed E-state index contributed by atoms with van der Waals surface area (Å²) in [6.07, 6.45) is 4.28. The zero-order valence-corrected chi connectivity index (χ0v) is 10.8. The fraction of sp³-hybridized carbons (Fsp3) is 0.615. The van der Waals surface area contributed by atoms with E-state index in [-0.39, 0.29) is 5.91 Å². The first-order valence-corrected chi connectivity index (χ1v) is 6.60. The van der Waals surface area contributed by atoms with Gasteiger partial charge < -0.3 is 15.2 Å². The lowest BCUT2D eigenvalue weighted by Gasteiger charge is -2.37. The molecule has 0 aliphatic carbocycles. The quantitative estimate of drug-likeness (QED) is 0.788. The summed E-state index contributed by atoms with van der Waals surface area (Å²) in [5.74, 6) is 0.112. The van der Waals surface area contributed by atoms with Gasteiger partial charge in [-0.3, -0.25) is 9.69 Å². The maximum atomic E-state index is 12.5. The van der Waals surface area contributed by atoms with Gasteiger partial charge in [0.1, 0.15) is 5.69 Å². The second-order valence-electron chi connectivity index (χ2n) is 5.35. The van der Waals surface area contributed by atoms with E-state index in [4.69, 9.17) is 5.73 Å². The molecule has 3 rings (SSSR count). The van der Waals surface area contributed by atoms with E-state index < -0.39 is 0 Å². The number of hydrogen-bond donors (Lipinski definition) is 1. The Kier molecular flexibility index (Phi) is 2.78. The molecule has 1 amide bonds. The molecular weight excluding hydrogens is 228 g/mol. The molecule has 0 bridgehead atoms. The Morgan fingerprint density at radius 3 is 2.94 bits per heavy atom. The van der Waals surface area contributed by atoms with Gasteiger partial charge >= 0.3 is 0 Å². The lowest BCUT2D eigenvalue weighted by molar-refractivity contribution is 0.0562. The summed E-state index contributed by atoms with van der Waals surface area (Å²) >= 11 is 0. The average molecular weight is 248 g/mol. The van der Waals surface area contributed by atoms with E-state index in [1.54, 1.807) is 12.3 Å².